The van der Waals surface area contributed by atoms with Crippen molar-refractivity contribution in [2.45, 2.75) is 12.5 Å². The summed E-state index contributed by atoms with van der Waals surface area (Å²) in [6.45, 7) is 0. The number of carbonyl (C=O) groups is 1. The third kappa shape index (κ3) is 2.95. The van der Waals surface area contributed by atoms with Crippen molar-refractivity contribution in [1.82, 2.24) is 9.97 Å². The Balaban J connectivity index is 1.71. The summed E-state index contributed by atoms with van der Waals surface area (Å²) in [6.07, 6.45) is 0.238. The van der Waals surface area contributed by atoms with Gasteiger partial charge in [0.15, 0.2) is 5.58 Å². The van der Waals surface area contributed by atoms with Crippen LogP contribution in [-0.4, -0.2) is 27.1 Å². The molecule has 2 aromatic heterocycles. The highest BCUT2D eigenvalue weighted by Gasteiger charge is 2.14. The largest absolute Gasteiger partial charge is 0.480 e. The minimum atomic E-state index is -1.03. The molecule has 3 N–H and O–H groups in total. The number of nitrogens with two attached hydrogens (primary N) is 1. The Labute approximate surface area is 142 Å². The number of aromatic nitrogens is 2. The van der Waals surface area contributed by atoms with E-state index in [4.69, 9.17) is 15.3 Å². The van der Waals surface area contributed by atoms with E-state index in [1.807, 2.05) is 36.4 Å². The van der Waals surface area contributed by atoms with Gasteiger partial charge >= 0.3 is 5.97 Å². The van der Waals surface area contributed by atoms with E-state index in [9.17, 15) is 4.79 Å². The Hall–Kier alpha value is -3.25. The van der Waals surface area contributed by atoms with Crippen LogP contribution in [-0.2, 0) is 11.2 Å². The van der Waals surface area contributed by atoms with Crippen molar-refractivity contribution >= 4 is 28.0 Å². The summed E-state index contributed by atoms with van der Waals surface area (Å²) in [5.74, 6) is -0.596. The van der Waals surface area contributed by atoms with Crippen LogP contribution in [0.1, 0.15) is 5.56 Å². The quantitative estimate of drug-likeness (QED) is 0.595. The summed E-state index contributed by atoms with van der Waals surface area (Å²) in [4.78, 5) is 20.0. The lowest BCUT2D eigenvalue weighted by Gasteiger charge is -2.05. The summed E-state index contributed by atoms with van der Waals surface area (Å²) in [5.41, 5.74) is 9.19. The predicted molar refractivity (Wildman–Crippen MR) is 94.1 cm³/mol. The second kappa shape index (κ2) is 5.99. The van der Waals surface area contributed by atoms with Gasteiger partial charge in [0.05, 0.1) is 5.52 Å². The van der Waals surface area contributed by atoms with Crippen molar-refractivity contribution in [1.29, 1.82) is 0 Å². The van der Waals surface area contributed by atoms with Gasteiger partial charge in [0.1, 0.15) is 17.3 Å². The van der Waals surface area contributed by atoms with Crippen LogP contribution in [0.25, 0.3) is 33.6 Å². The second-order valence-corrected chi connectivity index (χ2v) is 5.86. The minimum absolute atomic E-state index is 0.238. The third-order valence-electron chi connectivity index (χ3n) is 4.04. The Kier molecular flexibility index (Phi) is 3.66. The number of para-hydroxylation sites is 1. The summed E-state index contributed by atoms with van der Waals surface area (Å²) in [5, 5.41) is 9.98. The highest BCUT2D eigenvalue weighted by atomic mass is 16.4. The Morgan fingerprint density at radius 3 is 2.76 bits per heavy atom. The fraction of sp³-hybridized carbons (Fsp3) is 0.105. The number of fused-ring (bicyclic) bond motifs is 2. The molecule has 0 aliphatic heterocycles. The molecule has 6 nitrogen and oxygen atoms in total. The van der Waals surface area contributed by atoms with E-state index in [2.05, 4.69) is 9.97 Å². The van der Waals surface area contributed by atoms with Gasteiger partial charge in [-0.1, -0.05) is 30.3 Å². The molecule has 124 valence electrons. The minimum Gasteiger partial charge on any atom is -0.480 e. The average Bonchev–Trinajstić information content (AvgIpc) is 3.04. The SMILES string of the molecule is NC(Cc1ccc2oc(-c3ccc4ccccc4n3)nc2c1)C(=O)O. The molecule has 0 aliphatic carbocycles. The number of aliphatic carboxylic acids is 1. The molecule has 0 amide bonds. The number of pyridine rings is 1. The fourth-order valence-electron chi connectivity index (χ4n) is 2.74. The number of hydrogen-bond acceptors (Lipinski definition) is 5. The van der Waals surface area contributed by atoms with Crippen LogP contribution in [0.5, 0.6) is 0 Å². The molecule has 0 aliphatic rings. The van der Waals surface area contributed by atoms with Gasteiger partial charge in [-0.15, -0.1) is 0 Å². The number of carboxylic acids is 1. The van der Waals surface area contributed by atoms with Crippen LogP contribution in [0.3, 0.4) is 0 Å². The molecule has 0 fully saturated rings. The molecule has 1 unspecified atom stereocenters. The van der Waals surface area contributed by atoms with Crippen molar-refractivity contribution in [3.63, 3.8) is 0 Å². The molecule has 25 heavy (non-hydrogen) atoms. The van der Waals surface area contributed by atoms with Gasteiger partial charge in [-0.3, -0.25) is 4.79 Å². The number of nitrogens with zero attached hydrogens (tertiary/aromatic N) is 2. The fourth-order valence-corrected chi connectivity index (χ4v) is 2.74. The van der Waals surface area contributed by atoms with E-state index >= 15 is 0 Å². The molecule has 0 radical (unpaired) electrons. The van der Waals surface area contributed by atoms with E-state index in [1.54, 1.807) is 18.2 Å². The van der Waals surface area contributed by atoms with E-state index in [1.165, 1.54) is 0 Å². The number of rotatable bonds is 4. The first-order valence-electron chi connectivity index (χ1n) is 7.84. The number of hydrogen-bond donors (Lipinski definition) is 2. The smallest absolute Gasteiger partial charge is 0.320 e. The Morgan fingerprint density at radius 1 is 1.08 bits per heavy atom. The predicted octanol–water partition coefficient (Wildman–Crippen LogP) is 3.00. The van der Waals surface area contributed by atoms with Gasteiger partial charge in [0.25, 0.3) is 0 Å². The van der Waals surface area contributed by atoms with Gasteiger partial charge in [-0.05, 0) is 36.2 Å². The lowest BCUT2D eigenvalue weighted by atomic mass is 10.1. The van der Waals surface area contributed by atoms with Crippen LogP contribution in [0.15, 0.2) is 59.0 Å². The maximum atomic E-state index is 10.9. The molecule has 1 atom stereocenters. The van der Waals surface area contributed by atoms with E-state index in [0.717, 1.165) is 16.5 Å². The van der Waals surface area contributed by atoms with Crippen LogP contribution in [0.4, 0.5) is 0 Å². The summed E-state index contributed by atoms with van der Waals surface area (Å²) < 4.78 is 5.79. The molecular formula is C19H15N3O3. The molecule has 2 aromatic carbocycles. The monoisotopic (exact) mass is 333 g/mol. The van der Waals surface area contributed by atoms with Crippen molar-refractivity contribution in [2.75, 3.05) is 0 Å². The molecule has 0 saturated heterocycles. The first-order valence-corrected chi connectivity index (χ1v) is 7.84. The van der Waals surface area contributed by atoms with Crippen molar-refractivity contribution in [3.8, 4) is 11.6 Å². The normalized spacial score (nSPS) is 12.5. The molecule has 0 spiro atoms. The molecule has 4 aromatic rings. The van der Waals surface area contributed by atoms with Gasteiger partial charge in [-0.25, -0.2) is 9.97 Å². The number of carboxylic acid groups (broad SMARTS) is 1. The van der Waals surface area contributed by atoms with Gasteiger partial charge in [-0.2, -0.15) is 0 Å². The molecular weight excluding hydrogens is 318 g/mol. The summed E-state index contributed by atoms with van der Waals surface area (Å²) in [7, 11) is 0. The molecule has 4 rings (SSSR count). The number of oxazole rings is 1. The zero-order valence-corrected chi connectivity index (χ0v) is 13.2. The second-order valence-electron chi connectivity index (χ2n) is 5.86. The van der Waals surface area contributed by atoms with E-state index in [0.29, 0.717) is 22.7 Å². The van der Waals surface area contributed by atoms with E-state index in [-0.39, 0.29) is 6.42 Å². The van der Waals surface area contributed by atoms with Crippen LogP contribution in [0, 0.1) is 0 Å². The highest BCUT2D eigenvalue weighted by Crippen LogP contribution is 2.25. The van der Waals surface area contributed by atoms with Gasteiger partial charge < -0.3 is 15.3 Å². The van der Waals surface area contributed by atoms with Crippen molar-refractivity contribution < 1.29 is 14.3 Å². The number of benzene rings is 2. The molecule has 0 bridgehead atoms. The maximum absolute atomic E-state index is 10.9. The lowest BCUT2D eigenvalue weighted by Crippen LogP contribution is -2.32. The maximum Gasteiger partial charge on any atom is 0.320 e. The van der Waals surface area contributed by atoms with Gasteiger partial charge in [0, 0.05) is 5.39 Å². The van der Waals surface area contributed by atoms with Crippen molar-refractivity contribution in [2.24, 2.45) is 5.73 Å². The molecule has 2 heterocycles. The van der Waals surface area contributed by atoms with Crippen LogP contribution < -0.4 is 5.73 Å². The van der Waals surface area contributed by atoms with Crippen molar-refractivity contribution in [3.05, 3.63) is 60.2 Å². The Bertz CT molecular complexity index is 1090. The molecule has 0 saturated carbocycles. The topological polar surface area (TPSA) is 102 Å². The zero-order valence-electron chi connectivity index (χ0n) is 13.2. The third-order valence-corrected chi connectivity index (χ3v) is 4.04. The van der Waals surface area contributed by atoms with Crippen LogP contribution in [0.2, 0.25) is 0 Å². The van der Waals surface area contributed by atoms with E-state index < -0.39 is 12.0 Å². The molecule has 6 heteroatoms. The van der Waals surface area contributed by atoms with Crippen LogP contribution >= 0.6 is 0 Å². The first kappa shape index (κ1) is 15.3. The summed E-state index contributed by atoms with van der Waals surface area (Å²) >= 11 is 0. The van der Waals surface area contributed by atoms with Gasteiger partial charge in [0.2, 0.25) is 5.89 Å². The lowest BCUT2D eigenvalue weighted by molar-refractivity contribution is -0.138. The highest BCUT2D eigenvalue weighted by molar-refractivity contribution is 5.82. The Morgan fingerprint density at radius 2 is 1.92 bits per heavy atom. The first-order chi connectivity index (χ1) is 12.1. The zero-order chi connectivity index (χ0) is 17.4. The standard InChI is InChI=1S/C19H15N3O3/c20-13(19(23)24)9-11-5-8-17-16(10-11)22-18(25-17)15-7-6-12-3-1-2-4-14(12)21-15/h1-8,10,13H,9,20H2,(H,23,24). The average molecular weight is 333 g/mol. The summed E-state index contributed by atoms with van der Waals surface area (Å²) in [6, 6.07) is 16.1.